The molecule has 0 radical (unpaired) electrons. The maximum Gasteiger partial charge on any atom is 0.195 e. The fraction of sp³-hybridized carbons (Fsp3) is 0.154. The molecule has 3 rings (SSSR count). The van der Waals surface area contributed by atoms with Gasteiger partial charge in [0.25, 0.3) is 0 Å². The van der Waals surface area contributed by atoms with Crippen molar-refractivity contribution in [2.45, 2.75) is 12.8 Å². The Morgan fingerprint density at radius 3 is 3.00 bits per heavy atom. The van der Waals surface area contributed by atoms with Gasteiger partial charge >= 0.3 is 0 Å². The third-order valence-corrected chi connectivity index (χ3v) is 2.81. The predicted molar refractivity (Wildman–Crippen MR) is 57.8 cm³/mol. The topological polar surface area (TPSA) is 3.88 Å². The van der Waals surface area contributed by atoms with Crippen molar-refractivity contribution in [3.63, 3.8) is 0 Å². The van der Waals surface area contributed by atoms with Gasteiger partial charge in [-0.05, 0) is 23.9 Å². The van der Waals surface area contributed by atoms with Crippen molar-refractivity contribution in [2.75, 3.05) is 0 Å². The second-order valence-electron chi connectivity index (χ2n) is 3.68. The van der Waals surface area contributed by atoms with Crippen molar-refractivity contribution in [1.82, 2.24) is 0 Å². The molecule has 0 unspecified atom stereocenters. The molecule has 0 N–H and O–H groups in total. The molecule has 0 atom stereocenters. The number of aryl methyl sites for hydroxylation is 1. The number of benzene rings is 1. The molecular weight excluding hydrogens is 170 g/mol. The van der Waals surface area contributed by atoms with Crippen LogP contribution in [0.15, 0.2) is 42.6 Å². The molecule has 0 amide bonds. The molecule has 0 aliphatic carbocycles. The van der Waals surface area contributed by atoms with Crippen LogP contribution in [0, 0.1) is 0 Å². The van der Waals surface area contributed by atoms with E-state index in [2.05, 4.69) is 53.4 Å². The average molecular weight is 182 g/mol. The number of fused-ring (bicyclic) bond motifs is 3. The minimum Gasteiger partial charge on any atom is -0.171 e. The van der Waals surface area contributed by atoms with Gasteiger partial charge in [-0.1, -0.05) is 18.2 Å². The highest BCUT2D eigenvalue weighted by molar-refractivity contribution is 5.83. The van der Waals surface area contributed by atoms with Crippen LogP contribution >= 0.6 is 0 Å². The second kappa shape index (κ2) is 2.95. The van der Waals surface area contributed by atoms with Crippen molar-refractivity contribution < 1.29 is 4.57 Å². The van der Waals surface area contributed by atoms with Gasteiger partial charge in [-0.25, -0.2) is 0 Å². The third kappa shape index (κ3) is 1.06. The number of pyridine rings is 1. The van der Waals surface area contributed by atoms with E-state index in [9.17, 15) is 0 Å². The van der Waals surface area contributed by atoms with Gasteiger partial charge in [0.1, 0.15) is 0 Å². The molecular formula is C13H12N+. The van der Waals surface area contributed by atoms with Crippen molar-refractivity contribution in [3.8, 4) is 0 Å². The van der Waals surface area contributed by atoms with E-state index in [1.807, 2.05) is 0 Å². The Morgan fingerprint density at radius 1 is 1.07 bits per heavy atom. The largest absolute Gasteiger partial charge is 0.195 e. The SMILES string of the molecule is C1=C[n+]2ccc3ccccc3c2CC1. The molecule has 68 valence electrons. The Morgan fingerprint density at radius 2 is 2.00 bits per heavy atom. The first-order valence-corrected chi connectivity index (χ1v) is 5.03. The molecule has 1 heteroatoms. The zero-order chi connectivity index (χ0) is 9.38. The van der Waals surface area contributed by atoms with Crippen molar-refractivity contribution in [3.05, 3.63) is 48.3 Å². The Bertz CT molecular complexity index is 512. The van der Waals surface area contributed by atoms with Gasteiger partial charge in [0.15, 0.2) is 18.1 Å². The van der Waals surface area contributed by atoms with Crippen LogP contribution in [0.3, 0.4) is 0 Å². The molecule has 1 aromatic carbocycles. The molecule has 1 aliphatic heterocycles. The van der Waals surface area contributed by atoms with Crippen LogP contribution in [-0.4, -0.2) is 0 Å². The van der Waals surface area contributed by atoms with Gasteiger partial charge in [0.05, 0.1) is 0 Å². The van der Waals surface area contributed by atoms with Gasteiger partial charge in [-0.15, -0.1) is 0 Å². The average Bonchev–Trinajstić information content (AvgIpc) is 2.29. The fourth-order valence-electron chi connectivity index (χ4n) is 2.11. The van der Waals surface area contributed by atoms with Gasteiger partial charge in [0.2, 0.25) is 0 Å². The highest BCUT2D eigenvalue weighted by Gasteiger charge is 2.14. The Balaban J connectivity index is 2.41. The zero-order valence-corrected chi connectivity index (χ0v) is 7.98. The van der Waals surface area contributed by atoms with E-state index in [-0.39, 0.29) is 0 Å². The number of hydrogen-bond acceptors (Lipinski definition) is 0. The summed E-state index contributed by atoms with van der Waals surface area (Å²) in [6, 6.07) is 10.8. The summed E-state index contributed by atoms with van der Waals surface area (Å²) >= 11 is 0. The minimum absolute atomic E-state index is 1.15. The molecule has 1 aliphatic rings. The number of rotatable bonds is 0. The van der Waals surface area contributed by atoms with Gasteiger partial charge in [0, 0.05) is 17.9 Å². The van der Waals surface area contributed by atoms with E-state index < -0.39 is 0 Å². The molecule has 2 aromatic rings. The minimum atomic E-state index is 1.15. The number of allylic oxidation sites excluding steroid dienone is 1. The van der Waals surface area contributed by atoms with E-state index in [1.54, 1.807) is 0 Å². The van der Waals surface area contributed by atoms with E-state index in [1.165, 1.54) is 16.5 Å². The van der Waals surface area contributed by atoms with E-state index >= 15 is 0 Å². The summed E-state index contributed by atoms with van der Waals surface area (Å²) in [6.45, 7) is 0. The first-order chi connectivity index (χ1) is 6.95. The molecule has 0 spiro atoms. The van der Waals surface area contributed by atoms with Crippen molar-refractivity contribution in [1.29, 1.82) is 0 Å². The van der Waals surface area contributed by atoms with Crippen LogP contribution in [0.4, 0.5) is 0 Å². The fourth-order valence-corrected chi connectivity index (χ4v) is 2.11. The summed E-state index contributed by atoms with van der Waals surface area (Å²) in [5, 5.41) is 2.73. The smallest absolute Gasteiger partial charge is 0.171 e. The highest BCUT2D eigenvalue weighted by Crippen LogP contribution is 2.18. The Kier molecular flexibility index (Phi) is 1.63. The molecule has 1 nitrogen and oxygen atoms in total. The summed E-state index contributed by atoms with van der Waals surface area (Å²) in [7, 11) is 0. The summed E-state index contributed by atoms with van der Waals surface area (Å²) in [5.74, 6) is 0. The summed E-state index contributed by atoms with van der Waals surface area (Å²) in [6.07, 6.45) is 8.84. The van der Waals surface area contributed by atoms with Crippen LogP contribution in [0.2, 0.25) is 0 Å². The first-order valence-electron chi connectivity index (χ1n) is 5.03. The quantitative estimate of drug-likeness (QED) is 0.551. The standard InChI is InChI=1S/C13H12N/c1-2-6-12-11(5-1)8-10-14-9-4-3-7-13(12)14/h1-2,4-6,8-10H,3,7H2/q+1. The second-order valence-corrected chi connectivity index (χ2v) is 3.68. The third-order valence-electron chi connectivity index (χ3n) is 2.81. The summed E-state index contributed by atoms with van der Waals surface area (Å²) in [5.41, 5.74) is 1.44. The van der Waals surface area contributed by atoms with Crippen molar-refractivity contribution in [2.24, 2.45) is 0 Å². The maximum absolute atomic E-state index is 2.23. The predicted octanol–water partition coefficient (Wildman–Crippen LogP) is 2.54. The van der Waals surface area contributed by atoms with E-state index in [0.717, 1.165) is 12.8 Å². The number of nitrogens with zero attached hydrogens (tertiary/aromatic N) is 1. The van der Waals surface area contributed by atoms with Crippen LogP contribution in [-0.2, 0) is 6.42 Å². The monoisotopic (exact) mass is 182 g/mol. The lowest BCUT2D eigenvalue weighted by molar-refractivity contribution is -0.577. The molecule has 1 aromatic heterocycles. The molecule has 0 bridgehead atoms. The van der Waals surface area contributed by atoms with E-state index in [0.29, 0.717) is 0 Å². The Labute approximate surface area is 83.3 Å². The summed E-state index contributed by atoms with van der Waals surface area (Å²) in [4.78, 5) is 0. The Hall–Kier alpha value is -1.63. The van der Waals surface area contributed by atoms with Crippen LogP contribution < -0.4 is 4.57 Å². The molecule has 2 heterocycles. The highest BCUT2D eigenvalue weighted by atomic mass is 14.9. The molecule has 0 saturated carbocycles. The van der Waals surface area contributed by atoms with Crippen LogP contribution in [0.1, 0.15) is 12.1 Å². The number of hydrogen-bond donors (Lipinski definition) is 0. The molecule has 0 fully saturated rings. The van der Waals surface area contributed by atoms with Gasteiger partial charge < -0.3 is 0 Å². The van der Waals surface area contributed by atoms with Crippen molar-refractivity contribution >= 4 is 17.0 Å². The maximum atomic E-state index is 2.23. The lowest BCUT2D eigenvalue weighted by Gasteiger charge is -2.06. The van der Waals surface area contributed by atoms with Crippen LogP contribution in [0.5, 0.6) is 0 Å². The molecule has 14 heavy (non-hydrogen) atoms. The first kappa shape index (κ1) is 7.74. The zero-order valence-electron chi connectivity index (χ0n) is 7.98. The lowest BCUT2D eigenvalue weighted by atomic mass is 10.0. The van der Waals surface area contributed by atoms with E-state index in [4.69, 9.17) is 0 Å². The van der Waals surface area contributed by atoms with Gasteiger partial charge in [-0.3, -0.25) is 0 Å². The van der Waals surface area contributed by atoms with Crippen LogP contribution in [0.25, 0.3) is 17.0 Å². The lowest BCUT2D eigenvalue weighted by Crippen LogP contribution is -2.33. The molecule has 0 saturated heterocycles. The summed E-state index contributed by atoms with van der Waals surface area (Å²) < 4.78 is 2.23. The normalized spacial score (nSPS) is 14.3. The number of aromatic nitrogens is 1. The van der Waals surface area contributed by atoms with Gasteiger partial charge in [-0.2, -0.15) is 4.57 Å².